The van der Waals surface area contributed by atoms with Crippen molar-refractivity contribution in [2.75, 3.05) is 0 Å². The Bertz CT molecular complexity index is 358. The summed E-state index contributed by atoms with van der Waals surface area (Å²) in [5, 5.41) is 8.89. The molecule has 2 atom stereocenters. The molecule has 2 rings (SSSR count). The molecule has 0 aromatic heterocycles. The Morgan fingerprint density at radius 2 is 2.13 bits per heavy atom. The van der Waals surface area contributed by atoms with Gasteiger partial charge in [-0.15, -0.1) is 0 Å². The summed E-state index contributed by atoms with van der Waals surface area (Å²) in [5.41, 5.74) is 1.34. The third-order valence-corrected chi connectivity index (χ3v) is 3.48. The predicted molar refractivity (Wildman–Crippen MR) is 58.6 cm³/mol. The molecule has 1 saturated carbocycles. The first-order valence-corrected chi connectivity index (χ1v) is 5.38. The first kappa shape index (κ1) is 10.2. The van der Waals surface area contributed by atoms with E-state index in [0.717, 1.165) is 19.3 Å². The van der Waals surface area contributed by atoms with Crippen LogP contribution in [0.15, 0.2) is 30.3 Å². The fourth-order valence-corrected chi connectivity index (χ4v) is 2.14. The van der Waals surface area contributed by atoms with Crippen LogP contribution in [0.25, 0.3) is 0 Å². The third-order valence-electron chi connectivity index (χ3n) is 3.48. The van der Waals surface area contributed by atoms with Crippen molar-refractivity contribution in [2.24, 2.45) is 11.3 Å². The van der Waals surface area contributed by atoms with Crippen LogP contribution in [0.4, 0.5) is 0 Å². The number of hydrogen-bond donors (Lipinski definition) is 1. The Labute approximate surface area is 89.9 Å². The van der Waals surface area contributed by atoms with E-state index in [9.17, 15) is 4.79 Å². The summed E-state index contributed by atoms with van der Waals surface area (Å²) in [7, 11) is 0. The summed E-state index contributed by atoms with van der Waals surface area (Å²) >= 11 is 0. The van der Waals surface area contributed by atoms with Crippen molar-refractivity contribution in [3.05, 3.63) is 35.9 Å². The van der Waals surface area contributed by atoms with Gasteiger partial charge in [-0.1, -0.05) is 37.3 Å². The van der Waals surface area contributed by atoms with Crippen LogP contribution < -0.4 is 0 Å². The van der Waals surface area contributed by atoms with Gasteiger partial charge in [-0.25, -0.2) is 0 Å². The predicted octanol–water partition coefficient (Wildman–Crippen LogP) is 2.73. The van der Waals surface area contributed by atoms with Crippen LogP contribution in [0.2, 0.25) is 0 Å². The lowest BCUT2D eigenvalue weighted by Gasteiger charge is -2.09. The van der Waals surface area contributed by atoms with Crippen molar-refractivity contribution < 1.29 is 9.90 Å². The van der Waals surface area contributed by atoms with Crippen molar-refractivity contribution in [3.63, 3.8) is 0 Å². The lowest BCUT2D eigenvalue weighted by molar-refractivity contribution is -0.139. The lowest BCUT2D eigenvalue weighted by Crippen LogP contribution is -2.08. The Morgan fingerprint density at radius 3 is 2.67 bits per heavy atom. The minimum atomic E-state index is -0.634. The molecule has 0 aliphatic heterocycles. The number of carbonyl (C=O) groups is 1. The highest BCUT2D eigenvalue weighted by Crippen LogP contribution is 2.55. The molecule has 1 N–H and O–H groups in total. The molecule has 0 heterocycles. The number of hydrogen-bond acceptors (Lipinski definition) is 1. The van der Waals surface area contributed by atoms with E-state index in [4.69, 9.17) is 5.11 Å². The Morgan fingerprint density at radius 1 is 1.47 bits per heavy atom. The Balaban J connectivity index is 1.88. The lowest BCUT2D eigenvalue weighted by atomic mass is 9.96. The second kappa shape index (κ2) is 3.69. The van der Waals surface area contributed by atoms with Gasteiger partial charge < -0.3 is 5.11 Å². The first-order valence-electron chi connectivity index (χ1n) is 5.38. The van der Waals surface area contributed by atoms with Crippen LogP contribution in [-0.4, -0.2) is 11.1 Å². The van der Waals surface area contributed by atoms with Crippen LogP contribution in [0, 0.1) is 11.3 Å². The normalized spacial score (nSPS) is 28.7. The third kappa shape index (κ3) is 2.20. The maximum absolute atomic E-state index is 10.8. The van der Waals surface area contributed by atoms with Crippen molar-refractivity contribution in [1.82, 2.24) is 0 Å². The number of benzene rings is 1. The summed E-state index contributed by atoms with van der Waals surface area (Å²) in [6, 6.07) is 10.3. The largest absolute Gasteiger partial charge is 0.481 e. The molecule has 1 fully saturated rings. The van der Waals surface area contributed by atoms with E-state index in [-0.39, 0.29) is 11.3 Å². The summed E-state index contributed by atoms with van der Waals surface area (Å²) in [6.07, 6.45) is 2.81. The van der Waals surface area contributed by atoms with Crippen molar-refractivity contribution >= 4 is 5.97 Å². The van der Waals surface area contributed by atoms with E-state index >= 15 is 0 Å². The van der Waals surface area contributed by atoms with Crippen LogP contribution in [0.3, 0.4) is 0 Å². The van der Waals surface area contributed by atoms with E-state index < -0.39 is 5.97 Å². The van der Waals surface area contributed by atoms with Gasteiger partial charge in [0.1, 0.15) is 0 Å². The molecular formula is C13H16O2. The topological polar surface area (TPSA) is 37.3 Å². The molecule has 15 heavy (non-hydrogen) atoms. The number of carboxylic acid groups (broad SMARTS) is 1. The van der Waals surface area contributed by atoms with E-state index in [1.54, 1.807) is 0 Å². The molecule has 0 saturated heterocycles. The summed E-state index contributed by atoms with van der Waals surface area (Å²) in [4.78, 5) is 10.8. The highest BCUT2D eigenvalue weighted by molar-refractivity contribution is 5.74. The number of aliphatic carboxylic acids is 1. The van der Waals surface area contributed by atoms with Gasteiger partial charge in [0.2, 0.25) is 0 Å². The van der Waals surface area contributed by atoms with Crippen LogP contribution >= 0.6 is 0 Å². The maximum Gasteiger partial charge on any atom is 0.307 e. The van der Waals surface area contributed by atoms with Gasteiger partial charge in [0.05, 0.1) is 5.92 Å². The zero-order valence-corrected chi connectivity index (χ0v) is 8.94. The molecule has 0 spiro atoms. The molecule has 1 aromatic rings. The number of carboxylic acids is 1. The average Bonchev–Trinajstić information content (AvgIpc) is 2.91. The van der Waals surface area contributed by atoms with Crippen molar-refractivity contribution in [1.29, 1.82) is 0 Å². The van der Waals surface area contributed by atoms with Gasteiger partial charge in [0.15, 0.2) is 0 Å². The van der Waals surface area contributed by atoms with Gasteiger partial charge in [0, 0.05) is 0 Å². The molecule has 0 bridgehead atoms. The number of rotatable bonds is 4. The molecule has 2 unspecified atom stereocenters. The molecule has 80 valence electrons. The number of aryl methyl sites for hydroxylation is 1. The summed E-state index contributed by atoms with van der Waals surface area (Å²) in [5.74, 6) is -0.744. The van der Waals surface area contributed by atoms with Gasteiger partial charge in [-0.3, -0.25) is 4.79 Å². The second-order valence-electron chi connectivity index (χ2n) is 4.73. The van der Waals surface area contributed by atoms with Gasteiger partial charge >= 0.3 is 5.97 Å². The molecular weight excluding hydrogens is 188 g/mol. The maximum atomic E-state index is 10.8. The summed E-state index contributed by atoms with van der Waals surface area (Å²) in [6.45, 7) is 2.08. The molecule has 2 nitrogen and oxygen atoms in total. The minimum absolute atomic E-state index is 0.0433. The van der Waals surface area contributed by atoms with E-state index in [0.29, 0.717) is 0 Å². The summed E-state index contributed by atoms with van der Waals surface area (Å²) < 4.78 is 0. The van der Waals surface area contributed by atoms with Crippen LogP contribution in [0.1, 0.15) is 25.3 Å². The molecule has 2 heteroatoms. The smallest absolute Gasteiger partial charge is 0.307 e. The highest BCUT2D eigenvalue weighted by atomic mass is 16.4. The standard InChI is InChI=1S/C13H16O2/c1-13(9-11(13)12(14)15)8-7-10-5-3-2-4-6-10/h2-6,11H,7-9H2,1H3,(H,14,15). The fraction of sp³-hybridized carbons (Fsp3) is 0.462. The first-order chi connectivity index (χ1) is 7.12. The Kier molecular flexibility index (Phi) is 2.51. The SMILES string of the molecule is CC1(CCc2ccccc2)CC1C(=O)O. The monoisotopic (exact) mass is 204 g/mol. The minimum Gasteiger partial charge on any atom is -0.481 e. The highest BCUT2D eigenvalue weighted by Gasteiger charge is 2.53. The van der Waals surface area contributed by atoms with Gasteiger partial charge in [-0.2, -0.15) is 0 Å². The molecule has 1 aliphatic carbocycles. The van der Waals surface area contributed by atoms with Gasteiger partial charge in [-0.05, 0) is 30.2 Å². The van der Waals surface area contributed by atoms with E-state index in [2.05, 4.69) is 19.1 Å². The average molecular weight is 204 g/mol. The van der Waals surface area contributed by atoms with E-state index in [1.165, 1.54) is 5.56 Å². The molecule has 1 aromatic carbocycles. The molecule has 1 aliphatic rings. The van der Waals surface area contributed by atoms with Crippen LogP contribution in [0.5, 0.6) is 0 Å². The Hall–Kier alpha value is -1.31. The molecule has 0 radical (unpaired) electrons. The van der Waals surface area contributed by atoms with Gasteiger partial charge in [0.25, 0.3) is 0 Å². The zero-order chi connectivity index (χ0) is 10.9. The van der Waals surface area contributed by atoms with Crippen LogP contribution in [-0.2, 0) is 11.2 Å². The zero-order valence-electron chi connectivity index (χ0n) is 8.94. The van der Waals surface area contributed by atoms with Crippen molar-refractivity contribution in [2.45, 2.75) is 26.2 Å². The molecule has 0 amide bonds. The van der Waals surface area contributed by atoms with Crippen molar-refractivity contribution in [3.8, 4) is 0 Å². The van der Waals surface area contributed by atoms with E-state index in [1.807, 2.05) is 18.2 Å². The fourth-order valence-electron chi connectivity index (χ4n) is 2.14. The second-order valence-corrected chi connectivity index (χ2v) is 4.73. The quantitative estimate of drug-likeness (QED) is 0.818.